The van der Waals surface area contributed by atoms with Crippen molar-refractivity contribution in [2.24, 2.45) is 11.5 Å². The quantitative estimate of drug-likeness (QED) is 0.496. The molecule has 0 saturated carbocycles. The first-order valence-electron chi connectivity index (χ1n) is 0.781. The van der Waals surface area contributed by atoms with Crippen LogP contribution in [0.4, 0.5) is 4.79 Å². The molecule has 5 heavy (non-hydrogen) atoms. The standard InChI is InChI=1S/CH4N2O.Pb.2H/c2-1(3)4;;;/h(H4,2,3,4);;;. The Morgan fingerprint density at radius 1 is 1.40 bits per heavy atom. The van der Waals surface area contributed by atoms with Crippen molar-refractivity contribution in [3.63, 3.8) is 0 Å². The van der Waals surface area contributed by atoms with E-state index in [1.165, 1.54) is 0 Å². The van der Waals surface area contributed by atoms with Crippen LogP contribution < -0.4 is 11.5 Å². The van der Waals surface area contributed by atoms with Gasteiger partial charge in [-0.15, -0.1) is 0 Å². The Labute approximate surface area is 49.9 Å². The van der Waals surface area contributed by atoms with Crippen LogP contribution in [0.15, 0.2) is 0 Å². The van der Waals surface area contributed by atoms with E-state index in [0.717, 1.165) is 0 Å². The van der Waals surface area contributed by atoms with E-state index in [2.05, 4.69) is 11.5 Å². The molecule has 0 saturated heterocycles. The molecule has 4 heteroatoms. The molecule has 0 heterocycles. The molecule has 0 atom stereocenters. The van der Waals surface area contributed by atoms with Crippen LogP contribution in [0.3, 0.4) is 0 Å². The Kier molecular flexibility index (Phi) is 7.51. The fourth-order valence-corrected chi connectivity index (χ4v) is 0. The molecule has 2 radical (unpaired) electrons. The first-order chi connectivity index (χ1) is 1.73. The summed E-state index contributed by atoms with van der Waals surface area (Å²) in [4.78, 5) is 9.00. The zero-order valence-electron chi connectivity index (χ0n) is 2.77. The fourth-order valence-electron chi connectivity index (χ4n) is 0. The van der Waals surface area contributed by atoms with E-state index < -0.39 is 6.03 Å². The molecule has 0 rings (SSSR count). The summed E-state index contributed by atoms with van der Waals surface area (Å²) in [6.45, 7) is 0. The maximum atomic E-state index is 9.00. The summed E-state index contributed by atoms with van der Waals surface area (Å²) in [5, 5.41) is 0. The molecule has 0 aromatic rings. The third-order valence-corrected chi connectivity index (χ3v) is 0. The van der Waals surface area contributed by atoms with Crippen molar-refractivity contribution < 1.29 is 4.79 Å². The molecular formula is CH6N2OPb. The van der Waals surface area contributed by atoms with Crippen molar-refractivity contribution in [1.82, 2.24) is 0 Å². The summed E-state index contributed by atoms with van der Waals surface area (Å²) in [6, 6.07) is -0.833. The van der Waals surface area contributed by atoms with Gasteiger partial charge in [0.25, 0.3) is 0 Å². The van der Waals surface area contributed by atoms with Gasteiger partial charge >= 0.3 is 33.3 Å². The summed E-state index contributed by atoms with van der Waals surface area (Å²) in [6.07, 6.45) is 0. The molecule has 0 fully saturated rings. The minimum absolute atomic E-state index is 0. The summed E-state index contributed by atoms with van der Waals surface area (Å²) in [7, 11) is 0. The van der Waals surface area contributed by atoms with Crippen LogP contribution in [0.2, 0.25) is 0 Å². The number of hydrogen-bond donors (Lipinski definition) is 2. The van der Waals surface area contributed by atoms with Crippen molar-refractivity contribution in [3.05, 3.63) is 0 Å². The molecule has 0 aliphatic heterocycles. The molecule has 0 aromatic heterocycles. The van der Waals surface area contributed by atoms with Gasteiger partial charge in [0.15, 0.2) is 0 Å². The monoisotopic (exact) mass is 270 g/mol. The normalized spacial score (nSPS) is 4.80. The average molecular weight is 269 g/mol. The zero-order chi connectivity index (χ0) is 3.58. The Morgan fingerprint density at radius 2 is 1.40 bits per heavy atom. The van der Waals surface area contributed by atoms with Gasteiger partial charge in [0, 0.05) is 0 Å². The second-order valence-electron chi connectivity index (χ2n) is 0.402. The predicted octanol–water partition coefficient (Wildman–Crippen LogP) is -1.89. The van der Waals surface area contributed by atoms with Crippen molar-refractivity contribution in [2.45, 2.75) is 0 Å². The van der Waals surface area contributed by atoms with E-state index in [1.807, 2.05) is 0 Å². The molecule has 0 spiro atoms. The number of carbonyl (C=O) groups is 1. The SMILES string of the molecule is NC(N)=O.[PbH2]. The molecule has 2 amide bonds. The second kappa shape index (κ2) is 4.19. The summed E-state index contributed by atoms with van der Waals surface area (Å²) < 4.78 is 0. The zero-order valence-corrected chi connectivity index (χ0v) is 8.27. The van der Waals surface area contributed by atoms with Crippen LogP contribution in [-0.2, 0) is 0 Å². The fraction of sp³-hybridized carbons (Fsp3) is 0. The van der Waals surface area contributed by atoms with Crippen LogP contribution in [0, 0.1) is 0 Å². The van der Waals surface area contributed by atoms with Crippen LogP contribution in [0.1, 0.15) is 0 Å². The van der Waals surface area contributed by atoms with E-state index in [9.17, 15) is 0 Å². The van der Waals surface area contributed by atoms with Gasteiger partial charge in [-0.2, -0.15) is 0 Å². The van der Waals surface area contributed by atoms with Crippen LogP contribution >= 0.6 is 0 Å². The van der Waals surface area contributed by atoms with Gasteiger partial charge in [-0.05, 0) is 0 Å². The molecule has 0 unspecified atom stereocenters. The van der Waals surface area contributed by atoms with E-state index in [4.69, 9.17) is 4.79 Å². The molecule has 30 valence electrons. The summed E-state index contributed by atoms with van der Waals surface area (Å²) in [5.74, 6) is 0. The number of nitrogens with two attached hydrogens (primary N) is 2. The predicted molar refractivity (Wildman–Crippen MR) is 22.3 cm³/mol. The summed E-state index contributed by atoms with van der Waals surface area (Å²) in [5.41, 5.74) is 8.50. The number of rotatable bonds is 0. The minimum atomic E-state index is -0.833. The molecule has 0 aliphatic carbocycles. The Bertz CT molecular complexity index is 32.6. The van der Waals surface area contributed by atoms with Gasteiger partial charge in [-0.1, -0.05) is 0 Å². The van der Waals surface area contributed by atoms with Gasteiger partial charge in [0.05, 0.1) is 0 Å². The van der Waals surface area contributed by atoms with Crippen molar-refractivity contribution >= 4 is 33.3 Å². The molecular weight excluding hydrogens is 263 g/mol. The van der Waals surface area contributed by atoms with Crippen molar-refractivity contribution in [1.29, 1.82) is 0 Å². The topological polar surface area (TPSA) is 69.1 Å². The number of urea groups is 1. The third-order valence-electron chi connectivity index (χ3n) is 0. The van der Waals surface area contributed by atoms with Gasteiger partial charge in [0.1, 0.15) is 0 Å². The first kappa shape index (κ1) is 8.95. The van der Waals surface area contributed by atoms with Gasteiger partial charge in [0.2, 0.25) is 0 Å². The molecule has 0 bridgehead atoms. The second-order valence-corrected chi connectivity index (χ2v) is 0.402. The maximum absolute atomic E-state index is 9.00. The third kappa shape index (κ3) is 546. The first-order valence-corrected chi connectivity index (χ1v) is 0.781. The Hall–Kier alpha value is 0.192. The van der Waals surface area contributed by atoms with E-state index in [1.54, 1.807) is 0 Å². The van der Waals surface area contributed by atoms with E-state index in [0.29, 0.717) is 0 Å². The number of amides is 2. The molecule has 0 aliphatic rings. The molecule has 3 nitrogen and oxygen atoms in total. The van der Waals surface area contributed by atoms with Crippen LogP contribution in [0.5, 0.6) is 0 Å². The van der Waals surface area contributed by atoms with Gasteiger partial charge in [-0.25, -0.2) is 4.79 Å². The number of hydrogen-bond acceptors (Lipinski definition) is 1. The van der Waals surface area contributed by atoms with Crippen LogP contribution in [-0.4, -0.2) is 33.3 Å². The number of carbonyl (C=O) groups excluding carboxylic acids is 1. The van der Waals surface area contributed by atoms with Crippen LogP contribution in [0.25, 0.3) is 0 Å². The van der Waals surface area contributed by atoms with Crippen molar-refractivity contribution in [2.75, 3.05) is 0 Å². The Balaban J connectivity index is 0. The molecule has 0 aromatic carbocycles. The molecule has 4 N–H and O–H groups in total. The summed E-state index contributed by atoms with van der Waals surface area (Å²) >= 11 is 0. The van der Waals surface area contributed by atoms with Crippen molar-refractivity contribution in [3.8, 4) is 0 Å². The van der Waals surface area contributed by atoms with Gasteiger partial charge < -0.3 is 11.5 Å². The van der Waals surface area contributed by atoms with E-state index >= 15 is 0 Å². The van der Waals surface area contributed by atoms with E-state index in [-0.39, 0.29) is 27.3 Å². The van der Waals surface area contributed by atoms with Gasteiger partial charge in [-0.3, -0.25) is 0 Å². The average Bonchev–Trinajstić information content (AvgIpc) is 0.811. The number of primary amides is 2. The Morgan fingerprint density at radius 3 is 1.40 bits per heavy atom.